The molecule has 0 radical (unpaired) electrons. The van der Waals surface area contributed by atoms with Gasteiger partial charge in [0.05, 0.1) is 11.3 Å². The third-order valence-corrected chi connectivity index (χ3v) is 6.29. The van der Waals surface area contributed by atoms with Gasteiger partial charge < -0.3 is 20.7 Å². The first-order valence-electron chi connectivity index (χ1n) is 11.8. The Balaban J connectivity index is 1.46. The second-order valence-electron chi connectivity index (χ2n) is 9.82. The molecular weight excluding hydrogens is 450 g/mol. The normalized spacial score (nSPS) is 18.0. The second-order valence-corrected chi connectivity index (χ2v) is 10.2. The zero-order valence-electron chi connectivity index (χ0n) is 20.2. The molecule has 8 heteroatoms. The Bertz CT molecular complexity index is 1010. The molecule has 0 spiro atoms. The van der Waals surface area contributed by atoms with Gasteiger partial charge in [0.2, 0.25) is 0 Å². The van der Waals surface area contributed by atoms with Gasteiger partial charge in [-0.3, -0.25) is 0 Å². The van der Waals surface area contributed by atoms with Crippen LogP contribution in [0.3, 0.4) is 0 Å². The highest BCUT2D eigenvalue weighted by molar-refractivity contribution is 6.31. The van der Waals surface area contributed by atoms with Gasteiger partial charge in [0.15, 0.2) is 0 Å². The average Bonchev–Trinajstić information content (AvgIpc) is 2.80. The van der Waals surface area contributed by atoms with E-state index in [0.717, 1.165) is 43.5 Å². The predicted octanol–water partition coefficient (Wildman–Crippen LogP) is 5.96. The average molecular weight is 484 g/mol. The first-order chi connectivity index (χ1) is 16.2. The van der Waals surface area contributed by atoms with Crippen LogP contribution < -0.4 is 16.0 Å². The summed E-state index contributed by atoms with van der Waals surface area (Å²) in [6.07, 6.45) is 5.53. The number of carbonyl (C=O) groups is 1. The predicted molar refractivity (Wildman–Crippen MR) is 136 cm³/mol. The topological polar surface area (TPSA) is 99.1 Å². The van der Waals surface area contributed by atoms with Crippen LogP contribution in [0.15, 0.2) is 36.5 Å². The molecule has 3 rings (SSSR count). The molecule has 1 amide bonds. The minimum Gasteiger partial charge on any atom is -0.444 e. The van der Waals surface area contributed by atoms with Crippen LogP contribution in [0.1, 0.15) is 57.6 Å². The molecule has 0 bridgehead atoms. The van der Waals surface area contributed by atoms with E-state index in [-0.39, 0.29) is 6.09 Å². The zero-order chi connectivity index (χ0) is 24.6. The number of nitriles is 1. The lowest BCUT2D eigenvalue weighted by Gasteiger charge is -2.29. The lowest BCUT2D eigenvalue weighted by molar-refractivity contribution is 0.0513. The lowest BCUT2D eigenvalue weighted by Crippen LogP contribution is -2.36. The second kappa shape index (κ2) is 11.9. The minimum atomic E-state index is -0.480. The smallest absolute Gasteiger partial charge is 0.407 e. The highest BCUT2D eigenvalue weighted by Crippen LogP contribution is 2.29. The van der Waals surface area contributed by atoms with E-state index in [2.05, 4.69) is 27.0 Å². The van der Waals surface area contributed by atoms with Gasteiger partial charge in [-0.05, 0) is 69.9 Å². The number of nitrogens with zero attached hydrogens (tertiary/aromatic N) is 2. The minimum absolute atomic E-state index is 0.350. The third kappa shape index (κ3) is 8.11. The van der Waals surface area contributed by atoms with Gasteiger partial charge >= 0.3 is 6.09 Å². The highest BCUT2D eigenvalue weighted by atomic mass is 35.5. The quantitative estimate of drug-likeness (QED) is 0.428. The van der Waals surface area contributed by atoms with Crippen molar-refractivity contribution in [2.24, 2.45) is 11.8 Å². The molecule has 1 heterocycles. The standard InChI is InChI=1S/C26H34ClN5O2/c1-26(2,3)34-25(33)32-15-19-10-8-18(9-11-19)14-29-23-12-24(31-17-21(23)13-28)30-16-20-6-4-5-7-22(20)27/h4-7,12,17-19H,8-11,14-16H2,1-3H3,(H,32,33)(H2,29,30,31). The van der Waals surface area contributed by atoms with E-state index < -0.39 is 5.60 Å². The summed E-state index contributed by atoms with van der Waals surface area (Å²) in [4.78, 5) is 16.2. The Hall–Kier alpha value is -2.98. The Morgan fingerprint density at radius 2 is 1.82 bits per heavy atom. The number of rotatable bonds is 8. The molecular formula is C26H34ClN5O2. The maximum Gasteiger partial charge on any atom is 0.407 e. The number of alkyl carbamates (subject to hydrolysis) is 1. The van der Waals surface area contributed by atoms with Crippen molar-refractivity contribution in [1.29, 1.82) is 5.26 Å². The van der Waals surface area contributed by atoms with E-state index in [9.17, 15) is 10.1 Å². The van der Waals surface area contributed by atoms with Crippen molar-refractivity contribution in [3.8, 4) is 6.07 Å². The molecule has 34 heavy (non-hydrogen) atoms. The number of hydrogen-bond donors (Lipinski definition) is 3. The van der Waals surface area contributed by atoms with Crippen LogP contribution in [0.2, 0.25) is 5.02 Å². The number of hydrogen-bond acceptors (Lipinski definition) is 6. The monoisotopic (exact) mass is 483 g/mol. The zero-order valence-corrected chi connectivity index (χ0v) is 20.9. The van der Waals surface area contributed by atoms with Crippen molar-refractivity contribution in [3.05, 3.63) is 52.7 Å². The summed E-state index contributed by atoms with van der Waals surface area (Å²) in [7, 11) is 0. The maximum atomic E-state index is 11.9. The SMILES string of the molecule is CC(C)(C)OC(=O)NCC1CCC(CNc2cc(NCc3ccccc3Cl)ncc2C#N)CC1. The summed E-state index contributed by atoms with van der Waals surface area (Å²) >= 11 is 6.23. The Morgan fingerprint density at radius 1 is 1.15 bits per heavy atom. The Kier molecular flexibility index (Phi) is 9.00. The summed E-state index contributed by atoms with van der Waals surface area (Å²) in [5.74, 6) is 1.69. The number of nitrogens with one attached hydrogen (secondary N) is 3. The number of pyridine rings is 1. The van der Waals surface area contributed by atoms with Crippen molar-refractivity contribution in [2.75, 3.05) is 23.7 Å². The number of ether oxygens (including phenoxy) is 1. The molecule has 182 valence electrons. The van der Waals surface area contributed by atoms with E-state index in [1.807, 2.05) is 51.1 Å². The van der Waals surface area contributed by atoms with E-state index in [0.29, 0.717) is 41.3 Å². The summed E-state index contributed by atoms with van der Waals surface area (Å²) < 4.78 is 5.31. The molecule has 0 saturated heterocycles. The number of amides is 1. The van der Waals surface area contributed by atoms with Gasteiger partial charge in [0, 0.05) is 36.9 Å². The molecule has 1 aromatic heterocycles. The summed E-state index contributed by atoms with van der Waals surface area (Å²) in [5.41, 5.74) is 1.82. The lowest BCUT2D eigenvalue weighted by atomic mass is 9.82. The number of halogens is 1. The van der Waals surface area contributed by atoms with Crippen LogP contribution in [0.25, 0.3) is 0 Å². The molecule has 1 saturated carbocycles. The first kappa shape index (κ1) is 25.6. The molecule has 7 nitrogen and oxygen atoms in total. The molecule has 0 atom stereocenters. The van der Waals surface area contributed by atoms with Crippen LogP contribution >= 0.6 is 11.6 Å². The number of carbonyl (C=O) groups excluding carboxylic acids is 1. The van der Waals surface area contributed by atoms with E-state index in [4.69, 9.17) is 16.3 Å². The van der Waals surface area contributed by atoms with Gasteiger partial charge in [-0.2, -0.15) is 5.26 Å². The van der Waals surface area contributed by atoms with Crippen molar-refractivity contribution in [2.45, 2.75) is 58.6 Å². The summed E-state index contributed by atoms with van der Waals surface area (Å²) in [6, 6.07) is 11.8. The highest BCUT2D eigenvalue weighted by Gasteiger charge is 2.23. The fourth-order valence-electron chi connectivity index (χ4n) is 4.05. The van der Waals surface area contributed by atoms with Gasteiger partial charge in [-0.15, -0.1) is 0 Å². The van der Waals surface area contributed by atoms with Crippen molar-refractivity contribution in [3.63, 3.8) is 0 Å². The van der Waals surface area contributed by atoms with Gasteiger partial charge in [-0.1, -0.05) is 29.8 Å². The Labute approximate surface area is 207 Å². The van der Waals surface area contributed by atoms with Crippen molar-refractivity contribution >= 4 is 29.2 Å². The maximum absolute atomic E-state index is 11.9. The van der Waals surface area contributed by atoms with E-state index in [1.165, 1.54) is 0 Å². The molecule has 0 aliphatic heterocycles. The van der Waals surface area contributed by atoms with Gasteiger partial charge in [0.25, 0.3) is 0 Å². The molecule has 0 unspecified atom stereocenters. The summed E-state index contributed by atoms with van der Waals surface area (Å²) in [6.45, 7) is 7.60. The van der Waals surface area contributed by atoms with Crippen molar-refractivity contribution in [1.82, 2.24) is 10.3 Å². The largest absolute Gasteiger partial charge is 0.444 e. The van der Waals surface area contributed by atoms with Crippen LogP contribution in [0, 0.1) is 23.2 Å². The van der Waals surface area contributed by atoms with Crippen LogP contribution in [0.5, 0.6) is 0 Å². The first-order valence-corrected chi connectivity index (χ1v) is 12.2. The van der Waals surface area contributed by atoms with E-state index in [1.54, 1.807) is 6.20 Å². The van der Waals surface area contributed by atoms with Crippen LogP contribution in [0.4, 0.5) is 16.3 Å². The number of benzene rings is 1. The van der Waals surface area contributed by atoms with E-state index >= 15 is 0 Å². The molecule has 3 N–H and O–H groups in total. The molecule has 1 fully saturated rings. The van der Waals surface area contributed by atoms with Crippen molar-refractivity contribution < 1.29 is 9.53 Å². The summed E-state index contributed by atoms with van der Waals surface area (Å²) in [5, 5.41) is 19.8. The molecule has 1 aliphatic rings. The number of anilines is 2. The van der Waals surface area contributed by atoms with Gasteiger partial charge in [-0.25, -0.2) is 9.78 Å². The Morgan fingerprint density at radius 3 is 2.47 bits per heavy atom. The molecule has 1 aromatic carbocycles. The fraction of sp³-hybridized carbons (Fsp3) is 0.500. The third-order valence-electron chi connectivity index (χ3n) is 5.92. The number of aromatic nitrogens is 1. The molecule has 2 aromatic rings. The van der Waals surface area contributed by atoms with Gasteiger partial charge in [0.1, 0.15) is 17.5 Å². The molecule has 1 aliphatic carbocycles. The van der Waals surface area contributed by atoms with Crippen LogP contribution in [-0.4, -0.2) is 29.8 Å². The fourth-order valence-corrected chi connectivity index (χ4v) is 4.25. The van der Waals surface area contributed by atoms with Crippen LogP contribution in [-0.2, 0) is 11.3 Å².